The topological polar surface area (TPSA) is 60.9 Å². The van der Waals surface area contributed by atoms with Crippen LogP contribution in [0.15, 0.2) is 0 Å². The largest absolute Gasteiger partial charge is 0.481 e. The van der Waals surface area contributed by atoms with Gasteiger partial charge in [-0.1, -0.05) is 0 Å². The molecular weight excluding hydrogens is 265 g/mol. The normalized spacial score (nSPS) is 20.2. The Kier molecular flexibility index (Phi) is 5.02. The molecule has 1 rings (SSSR count). The third kappa shape index (κ3) is 4.96. The van der Waals surface area contributed by atoms with Crippen molar-refractivity contribution in [2.45, 2.75) is 25.4 Å². The van der Waals surface area contributed by atoms with Crippen molar-refractivity contribution >= 4 is 12.0 Å². The van der Waals surface area contributed by atoms with Gasteiger partial charge in [0.15, 0.2) is 0 Å². The Bertz CT molecular complexity index is 347. The molecule has 1 N–H and O–H groups in total. The Balaban J connectivity index is 2.49. The second kappa shape index (κ2) is 6.12. The van der Waals surface area contributed by atoms with Crippen molar-refractivity contribution in [2.75, 3.05) is 26.7 Å². The molecule has 19 heavy (non-hydrogen) atoms. The molecule has 1 heterocycles. The lowest BCUT2D eigenvalue weighted by Crippen LogP contribution is -2.48. The number of piperidine rings is 1. The summed E-state index contributed by atoms with van der Waals surface area (Å²) < 4.78 is 36.2. The van der Waals surface area contributed by atoms with Gasteiger partial charge >= 0.3 is 18.2 Å². The quantitative estimate of drug-likeness (QED) is 0.858. The van der Waals surface area contributed by atoms with E-state index in [-0.39, 0.29) is 6.54 Å². The number of carbonyl (C=O) groups excluding carboxylic acids is 1. The Labute approximate surface area is 109 Å². The summed E-state index contributed by atoms with van der Waals surface area (Å²) in [5, 5.41) is 8.89. The third-order valence-corrected chi connectivity index (χ3v) is 3.10. The summed E-state index contributed by atoms with van der Waals surface area (Å²) in [6, 6.07) is -0.546. The fourth-order valence-electron chi connectivity index (χ4n) is 1.98. The van der Waals surface area contributed by atoms with Crippen LogP contribution in [0.5, 0.6) is 0 Å². The van der Waals surface area contributed by atoms with Gasteiger partial charge in [0.2, 0.25) is 0 Å². The summed E-state index contributed by atoms with van der Waals surface area (Å²) in [5.74, 6) is -1.61. The van der Waals surface area contributed by atoms with E-state index >= 15 is 0 Å². The molecule has 110 valence electrons. The molecule has 0 spiro atoms. The first-order valence-electron chi connectivity index (χ1n) is 6.00. The van der Waals surface area contributed by atoms with E-state index in [2.05, 4.69) is 0 Å². The van der Waals surface area contributed by atoms with Gasteiger partial charge < -0.3 is 14.9 Å². The summed E-state index contributed by atoms with van der Waals surface area (Å²) in [6.07, 6.45) is -4.33. The molecule has 0 aromatic carbocycles. The zero-order valence-electron chi connectivity index (χ0n) is 10.6. The number of likely N-dealkylation sites (tertiary alicyclic amines) is 1. The Morgan fingerprint density at radius 1 is 1.42 bits per heavy atom. The highest BCUT2D eigenvalue weighted by molar-refractivity contribution is 5.76. The van der Waals surface area contributed by atoms with E-state index in [0.717, 1.165) is 4.90 Å². The van der Waals surface area contributed by atoms with Crippen LogP contribution in [-0.4, -0.2) is 59.8 Å². The molecule has 1 atom stereocenters. The van der Waals surface area contributed by atoms with E-state index in [9.17, 15) is 22.8 Å². The maximum atomic E-state index is 12.1. The molecule has 5 nitrogen and oxygen atoms in total. The lowest BCUT2D eigenvalue weighted by molar-refractivity contribution is -0.143. The molecule has 2 amide bonds. The molecule has 0 aromatic heterocycles. The highest BCUT2D eigenvalue weighted by Gasteiger charge is 2.32. The number of amides is 2. The maximum Gasteiger partial charge on any atom is 0.390 e. The van der Waals surface area contributed by atoms with Gasteiger partial charge in [-0.3, -0.25) is 4.79 Å². The molecule has 0 radical (unpaired) electrons. The van der Waals surface area contributed by atoms with E-state index in [4.69, 9.17) is 5.11 Å². The molecule has 0 saturated carbocycles. The molecule has 1 aliphatic heterocycles. The van der Waals surface area contributed by atoms with Gasteiger partial charge in [-0.2, -0.15) is 13.2 Å². The van der Waals surface area contributed by atoms with Crippen LogP contribution in [0, 0.1) is 5.92 Å². The smallest absolute Gasteiger partial charge is 0.390 e. The van der Waals surface area contributed by atoms with Gasteiger partial charge in [0.25, 0.3) is 0 Å². The number of rotatable bonds is 3. The van der Waals surface area contributed by atoms with E-state index < -0.39 is 37.1 Å². The van der Waals surface area contributed by atoms with Crippen molar-refractivity contribution in [3.05, 3.63) is 0 Å². The highest BCUT2D eigenvalue weighted by Crippen LogP contribution is 2.21. The average molecular weight is 282 g/mol. The van der Waals surface area contributed by atoms with Crippen LogP contribution in [0.2, 0.25) is 0 Å². The standard InChI is InChI=1S/C11H17F3N2O3/c1-15(6-4-11(12,13)14)10(19)16-5-2-3-8(7-16)9(17)18/h8H,2-7H2,1H3,(H,17,18). The van der Waals surface area contributed by atoms with Gasteiger partial charge in [0.1, 0.15) is 0 Å². The lowest BCUT2D eigenvalue weighted by Gasteiger charge is -2.33. The van der Waals surface area contributed by atoms with Crippen molar-refractivity contribution in [1.29, 1.82) is 0 Å². The third-order valence-electron chi connectivity index (χ3n) is 3.10. The van der Waals surface area contributed by atoms with Crippen molar-refractivity contribution in [3.63, 3.8) is 0 Å². The Hall–Kier alpha value is -1.47. The first-order chi connectivity index (χ1) is 8.70. The van der Waals surface area contributed by atoms with Crippen molar-refractivity contribution in [3.8, 4) is 0 Å². The van der Waals surface area contributed by atoms with Crippen molar-refractivity contribution in [1.82, 2.24) is 9.80 Å². The number of halogens is 3. The zero-order chi connectivity index (χ0) is 14.6. The first kappa shape index (κ1) is 15.6. The van der Waals surface area contributed by atoms with Gasteiger partial charge in [0, 0.05) is 26.7 Å². The van der Waals surface area contributed by atoms with Crippen LogP contribution in [0.3, 0.4) is 0 Å². The van der Waals surface area contributed by atoms with Gasteiger partial charge in [-0.25, -0.2) is 4.79 Å². The van der Waals surface area contributed by atoms with E-state index in [1.165, 1.54) is 11.9 Å². The van der Waals surface area contributed by atoms with Crippen molar-refractivity contribution in [2.24, 2.45) is 5.92 Å². The fourth-order valence-corrected chi connectivity index (χ4v) is 1.98. The van der Waals surface area contributed by atoms with Crippen molar-refractivity contribution < 1.29 is 27.9 Å². The molecule has 0 aliphatic carbocycles. The molecule has 1 unspecified atom stereocenters. The molecular formula is C11H17F3N2O3. The van der Waals surface area contributed by atoms with Crippen LogP contribution in [0.1, 0.15) is 19.3 Å². The first-order valence-corrected chi connectivity index (χ1v) is 6.00. The minimum absolute atomic E-state index is 0.0600. The number of aliphatic carboxylic acids is 1. The summed E-state index contributed by atoms with van der Waals surface area (Å²) in [4.78, 5) is 25.0. The maximum absolute atomic E-state index is 12.1. The van der Waals surface area contributed by atoms with E-state index in [1.54, 1.807) is 0 Å². The summed E-state index contributed by atoms with van der Waals surface area (Å²) in [6.45, 7) is 0.0278. The number of carboxylic acids is 1. The number of hydrogen-bond acceptors (Lipinski definition) is 2. The second-order valence-electron chi connectivity index (χ2n) is 4.69. The Morgan fingerprint density at radius 3 is 2.58 bits per heavy atom. The molecule has 0 bridgehead atoms. The number of carboxylic acid groups (broad SMARTS) is 1. The van der Waals surface area contributed by atoms with Crippen LogP contribution in [-0.2, 0) is 4.79 Å². The highest BCUT2D eigenvalue weighted by atomic mass is 19.4. The lowest BCUT2D eigenvalue weighted by atomic mass is 9.99. The molecule has 8 heteroatoms. The van der Waals surface area contributed by atoms with E-state index in [0.29, 0.717) is 19.4 Å². The van der Waals surface area contributed by atoms with E-state index in [1.807, 2.05) is 0 Å². The summed E-state index contributed by atoms with van der Waals surface area (Å²) in [7, 11) is 1.29. The fraction of sp³-hybridized carbons (Fsp3) is 0.818. The van der Waals surface area contributed by atoms with Crippen LogP contribution < -0.4 is 0 Å². The van der Waals surface area contributed by atoms with Gasteiger partial charge in [-0.05, 0) is 12.8 Å². The van der Waals surface area contributed by atoms with Crippen LogP contribution in [0.4, 0.5) is 18.0 Å². The molecule has 1 saturated heterocycles. The predicted molar refractivity (Wildman–Crippen MR) is 60.6 cm³/mol. The van der Waals surface area contributed by atoms with Gasteiger partial charge in [-0.15, -0.1) is 0 Å². The zero-order valence-corrected chi connectivity index (χ0v) is 10.6. The molecule has 1 fully saturated rings. The van der Waals surface area contributed by atoms with Crippen LogP contribution >= 0.6 is 0 Å². The molecule has 0 aromatic rings. The number of hydrogen-bond donors (Lipinski definition) is 1. The predicted octanol–water partition coefficient (Wildman–Crippen LogP) is 1.79. The second-order valence-corrected chi connectivity index (χ2v) is 4.69. The summed E-state index contributed by atoms with van der Waals surface area (Å²) >= 11 is 0. The minimum atomic E-state index is -4.31. The molecule has 1 aliphatic rings. The van der Waals surface area contributed by atoms with Gasteiger partial charge in [0.05, 0.1) is 12.3 Å². The summed E-state index contributed by atoms with van der Waals surface area (Å²) in [5.41, 5.74) is 0. The Morgan fingerprint density at radius 2 is 2.05 bits per heavy atom. The monoisotopic (exact) mass is 282 g/mol. The minimum Gasteiger partial charge on any atom is -0.481 e. The number of alkyl halides is 3. The number of urea groups is 1. The van der Waals surface area contributed by atoms with Crippen LogP contribution in [0.25, 0.3) is 0 Å². The average Bonchev–Trinajstić information content (AvgIpc) is 2.34. The SMILES string of the molecule is CN(CCC(F)(F)F)C(=O)N1CCCC(C(=O)O)C1. The number of carbonyl (C=O) groups is 2. The number of nitrogens with zero attached hydrogens (tertiary/aromatic N) is 2.